The number of ether oxygens (including phenoxy) is 2. The van der Waals surface area contributed by atoms with E-state index in [1.165, 1.54) is 25.3 Å². The van der Waals surface area contributed by atoms with Crippen LogP contribution in [-0.2, 0) is 26.1 Å². The third-order valence-corrected chi connectivity index (χ3v) is 6.16. The molecule has 0 atom stereocenters. The Balaban J connectivity index is 2.18. The molecule has 162 valence electrons. The highest BCUT2D eigenvalue weighted by Crippen LogP contribution is 2.29. The van der Waals surface area contributed by atoms with E-state index in [4.69, 9.17) is 27.9 Å². The second kappa shape index (κ2) is 10.3. The molecule has 7 nitrogen and oxygen atoms in total. The smallest absolute Gasteiger partial charge is 0.340 e. The third kappa shape index (κ3) is 6.18. The van der Waals surface area contributed by atoms with Crippen LogP contribution in [0.1, 0.15) is 40.1 Å². The summed E-state index contributed by atoms with van der Waals surface area (Å²) >= 11 is 12.1. The third-order valence-electron chi connectivity index (χ3n) is 3.96. The maximum atomic E-state index is 12.5. The molecule has 0 fully saturated rings. The molecule has 2 aromatic carbocycles. The molecule has 0 saturated carbocycles. The number of sulfonamides is 1. The molecule has 0 saturated heterocycles. The topological polar surface area (TPSA) is 98.8 Å². The summed E-state index contributed by atoms with van der Waals surface area (Å²) in [5.74, 6) is -1.21. The van der Waals surface area contributed by atoms with Gasteiger partial charge in [-0.25, -0.2) is 22.7 Å². The summed E-state index contributed by atoms with van der Waals surface area (Å²) in [4.78, 5) is 23.7. The lowest BCUT2D eigenvalue weighted by molar-refractivity contribution is 0.0471. The second-order valence-corrected chi connectivity index (χ2v) is 9.32. The number of rotatable bonds is 8. The molecule has 2 aromatic rings. The molecule has 0 heterocycles. The summed E-state index contributed by atoms with van der Waals surface area (Å²) < 4.78 is 37.3. The molecule has 0 unspecified atom stereocenters. The van der Waals surface area contributed by atoms with Crippen LogP contribution in [-0.4, -0.2) is 34.0 Å². The largest absolute Gasteiger partial charge is 0.465 e. The maximum Gasteiger partial charge on any atom is 0.340 e. The number of hydrogen-bond donors (Lipinski definition) is 1. The zero-order chi connectivity index (χ0) is 22.5. The first-order chi connectivity index (χ1) is 14.0. The van der Waals surface area contributed by atoms with Crippen molar-refractivity contribution in [3.63, 3.8) is 0 Å². The van der Waals surface area contributed by atoms with E-state index < -0.39 is 22.0 Å². The van der Waals surface area contributed by atoms with Crippen molar-refractivity contribution in [3.05, 3.63) is 63.1 Å². The highest BCUT2D eigenvalue weighted by molar-refractivity contribution is 7.89. The van der Waals surface area contributed by atoms with Crippen molar-refractivity contribution in [1.29, 1.82) is 0 Å². The number of hydrogen-bond acceptors (Lipinski definition) is 6. The van der Waals surface area contributed by atoms with Gasteiger partial charge in [-0.15, -0.1) is 0 Å². The summed E-state index contributed by atoms with van der Waals surface area (Å²) in [7, 11) is -2.66. The fourth-order valence-corrected chi connectivity index (χ4v) is 4.39. The maximum absolute atomic E-state index is 12.5. The second-order valence-electron chi connectivity index (χ2n) is 6.77. The fraction of sp³-hybridized carbons (Fsp3) is 0.300. The minimum Gasteiger partial charge on any atom is -0.465 e. The Morgan fingerprint density at radius 3 is 2.23 bits per heavy atom. The molecule has 0 radical (unpaired) electrons. The van der Waals surface area contributed by atoms with Gasteiger partial charge in [0.1, 0.15) is 11.5 Å². The number of carbonyl (C=O) groups excluding carboxylic acids is 2. The standard InChI is InChI=1S/C20H21Cl2NO6S/c1-12(2)10-23-30(26,27)18-8-15(16(21)9-17(18)22)20(25)29-11-13-4-6-14(7-5-13)19(24)28-3/h4-9,12,23H,10-11H2,1-3H3. The van der Waals surface area contributed by atoms with Crippen LogP contribution in [0, 0.1) is 5.92 Å². The minimum absolute atomic E-state index is 0.0335. The molecule has 0 aromatic heterocycles. The monoisotopic (exact) mass is 473 g/mol. The number of nitrogens with one attached hydrogen (secondary N) is 1. The van der Waals surface area contributed by atoms with Gasteiger partial charge >= 0.3 is 11.9 Å². The van der Waals surface area contributed by atoms with Crippen molar-refractivity contribution in [3.8, 4) is 0 Å². The Morgan fingerprint density at radius 1 is 1.03 bits per heavy atom. The van der Waals surface area contributed by atoms with E-state index >= 15 is 0 Å². The van der Waals surface area contributed by atoms with Gasteiger partial charge in [0.05, 0.1) is 28.3 Å². The first-order valence-electron chi connectivity index (χ1n) is 8.88. The Morgan fingerprint density at radius 2 is 1.67 bits per heavy atom. The lowest BCUT2D eigenvalue weighted by atomic mass is 10.1. The van der Waals surface area contributed by atoms with Crippen LogP contribution in [0.15, 0.2) is 41.3 Å². The molecule has 0 aliphatic carbocycles. The number of esters is 2. The first-order valence-corrected chi connectivity index (χ1v) is 11.1. The van der Waals surface area contributed by atoms with E-state index in [0.717, 1.165) is 6.07 Å². The van der Waals surface area contributed by atoms with Crippen molar-refractivity contribution in [2.45, 2.75) is 25.3 Å². The van der Waals surface area contributed by atoms with Crippen LogP contribution in [0.2, 0.25) is 10.0 Å². The van der Waals surface area contributed by atoms with Gasteiger partial charge in [0.25, 0.3) is 0 Å². The zero-order valence-electron chi connectivity index (χ0n) is 16.6. The molecule has 0 spiro atoms. The summed E-state index contributed by atoms with van der Waals surface area (Å²) in [6, 6.07) is 8.57. The van der Waals surface area contributed by atoms with Crippen LogP contribution in [0.4, 0.5) is 0 Å². The molecule has 30 heavy (non-hydrogen) atoms. The number of benzene rings is 2. The van der Waals surface area contributed by atoms with Crippen molar-refractivity contribution in [2.75, 3.05) is 13.7 Å². The molecule has 1 N–H and O–H groups in total. The Hall–Kier alpha value is -2.13. The molecule has 0 aliphatic heterocycles. The Kier molecular flexibility index (Phi) is 8.25. The number of halogens is 2. The molecule has 0 amide bonds. The van der Waals surface area contributed by atoms with Crippen LogP contribution in [0.3, 0.4) is 0 Å². The van der Waals surface area contributed by atoms with Crippen LogP contribution in [0.5, 0.6) is 0 Å². The predicted molar refractivity (Wildman–Crippen MR) is 113 cm³/mol. The Bertz CT molecular complexity index is 1040. The first kappa shape index (κ1) is 24.1. The average Bonchev–Trinajstić information content (AvgIpc) is 2.70. The highest BCUT2D eigenvalue weighted by Gasteiger charge is 2.23. The van der Waals surface area contributed by atoms with Gasteiger partial charge in [-0.3, -0.25) is 0 Å². The van der Waals surface area contributed by atoms with Gasteiger partial charge in [0.15, 0.2) is 0 Å². The lowest BCUT2D eigenvalue weighted by Crippen LogP contribution is -2.28. The van der Waals surface area contributed by atoms with Gasteiger partial charge in [-0.05, 0) is 35.7 Å². The predicted octanol–water partition coefficient (Wildman–Crippen LogP) is 4.07. The number of methoxy groups -OCH3 is 1. The van der Waals surface area contributed by atoms with Gasteiger partial charge in [0.2, 0.25) is 10.0 Å². The van der Waals surface area contributed by atoms with E-state index in [2.05, 4.69) is 9.46 Å². The Labute approximate surface area is 185 Å². The van der Waals surface area contributed by atoms with Gasteiger partial charge in [-0.2, -0.15) is 0 Å². The van der Waals surface area contributed by atoms with Crippen molar-refractivity contribution in [1.82, 2.24) is 4.72 Å². The van der Waals surface area contributed by atoms with Crippen molar-refractivity contribution >= 4 is 45.2 Å². The van der Waals surface area contributed by atoms with Gasteiger partial charge in [0, 0.05) is 6.54 Å². The lowest BCUT2D eigenvalue weighted by Gasteiger charge is -2.13. The molecular weight excluding hydrogens is 453 g/mol. The molecule has 2 rings (SSSR count). The van der Waals surface area contributed by atoms with Crippen LogP contribution < -0.4 is 4.72 Å². The average molecular weight is 474 g/mol. The van der Waals surface area contributed by atoms with E-state index in [0.29, 0.717) is 11.1 Å². The van der Waals surface area contributed by atoms with E-state index in [9.17, 15) is 18.0 Å². The molecule has 0 aliphatic rings. The van der Waals surface area contributed by atoms with E-state index in [-0.39, 0.29) is 39.6 Å². The number of carbonyl (C=O) groups is 2. The quantitative estimate of drug-likeness (QED) is 0.580. The fourth-order valence-electron chi connectivity index (χ4n) is 2.33. The van der Waals surface area contributed by atoms with Crippen LogP contribution >= 0.6 is 23.2 Å². The summed E-state index contributed by atoms with van der Waals surface area (Å²) in [6.07, 6.45) is 0. The normalized spacial score (nSPS) is 11.4. The van der Waals surface area contributed by atoms with E-state index in [1.54, 1.807) is 12.1 Å². The minimum atomic E-state index is -3.93. The zero-order valence-corrected chi connectivity index (χ0v) is 18.9. The van der Waals surface area contributed by atoms with Gasteiger partial charge in [-0.1, -0.05) is 49.2 Å². The molecular formula is C20H21Cl2NO6S. The summed E-state index contributed by atoms with van der Waals surface area (Å²) in [6.45, 7) is 3.81. The van der Waals surface area contributed by atoms with E-state index in [1.807, 2.05) is 13.8 Å². The highest BCUT2D eigenvalue weighted by atomic mass is 35.5. The van der Waals surface area contributed by atoms with Crippen LogP contribution in [0.25, 0.3) is 0 Å². The van der Waals surface area contributed by atoms with Gasteiger partial charge < -0.3 is 9.47 Å². The summed E-state index contributed by atoms with van der Waals surface area (Å²) in [5.41, 5.74) is 0.849. The molecule has 0 bridgehead atoms. The summed E-state index contributed by atoms with van der Waals surface area (Å²) in [5, 5.41) is -0.139. The van der Waals surface area contributed by atoms with Crippen molar-refractivity contribution in [2.24, 2.45) is 5.92 Å². The SMILES string of the molecule is COC(=O)c1ccc(COC(=O)c2cc(S(=O)(=O)NCC(C)C)c(Cl)cc2Cl)cc1. The molecule has 10 heteroatoms. The van der Waals surface area contributed by atoms with Crippen molar-refractivity contribution < 1.29 is 27.5 Å².